The van der Waals surface area contributed by atoms with E-state index in [1.54, 1.807) is 6.07 Å². The number of halogens is 2. The van der Waals surface area contributed by atoms with Crippen LogP contribution in [0.15, 0.2) is 22.6 Å². The van der Waals surface area contributed by atoms with Crippen LogP contribution in [-0.2, 0) is 0 Å². The van der Waals surface area contributed by atoms with E-state index in [9.17, 15) is 4.39 Å². The lowest BCUT2D eigenvalue weighted by molar-refractivity contribution is 0.436. The molecule has 1 saturated heterocycles. The molecule has 18 heavy (non-hydrogen) atoms. The van der Waals surface area contributed by atoms with Gasteiger partial charge in [-0.05, 0) is 31.5 Å². The molecule has 0 amide bonds. The van der Waals surface area contributed by atoms with Crippen molar-refractivity contribution < 1.29 is 8.81 Å². The van der Waals surface area contributed by atoms with Crippen LogP contribution in [0.4, 0.5) is 4.39 Å². The van der Waals surface area contributed by atoms with E-state index in [1.165, 1.54) is 12.1 Å². The number of hydrogen-bond donors (Lipinski definition) is 1. The van der Waals surface area contributed by atoms with Gasteiger partial charge in [-0.2, -0.15) is 0 Å². The van der Waals surface area contributed by atoms with Crippen LogP contribution in [0.5, 0.6) is 0 Å². The summed E-state index contributed by atoms with van der Waals surface area (Å²) in [7, 11) is 0. The molecule has 1 aliphatic rings. The van der Waals surface area contributed by atoms with Crippen LogP contribution in [0.3, 0.4) is 0 Å². The van der Waals surface area contributed by atoms with Crippen LogP contribution >= 0.6 is 11.6 Å². The first kappa shape index (κ1) is 11.6. The van der Waals surface area contributed by atoms with Gasteiger partial charge in [0.1, 0.15) is 5.82 Å². The smallest absolute Gasteiger partial charge is 0.252 e. The highest BCUT2D eigenvalue weighted by Gasteiger charge is 2.24. The minimum atomic E-state index is -0.461. The second kappa shape index (κ2) is 4.66. The van der Waals surface area contributed by atoms with Gasteiger partial charge in [-0.1, -0.05) is 17.7 Å². The topological polar surface area (TPSA) is 51.0 Å². The molecule has 1 aromatic carbocycles. The Hall–Kier alpha value is -1.46. The van der Waals surface area contributed by atoms with Crippen LogP contribution in [0.1, 0.15) is 24.8 Å². The fourth-order valence-electron chi connectivity index (χ4n) is 2.07. The van der Waals surface area contributed by atoms with Crippen molar-refractivity contribution in [3.63, 3.8) is 0 Å². The van der Waals surface area contributed by atoms with E-state index in [4.69, 9.17) is 16.0 Å². The molecule has 0 saturated carbocycles. The van der Waals surface area contributed by atoms with Crippen LogP contribution in [-0.4, -0.2) is 16.7 Å². The average molecular weight is 268 g/mol. The number of aromatic nitrogens is 2. The molecule has 0 spiro atoms. The van der Waals surface area contributed by atoms with Gasteiger partial charge < -0.3 is 9.73 Å². The van der Waals surface area contributed by atoms with Crippen molar-refractivity contribution in [2.45, 2.75) is 18.9 Å². The van der Waals surface area contributed by atoms with Gasteiger partial charge in [-0.25, -0.2) is 4.39 Å². The first-order valence-electron chi connectivity index (χ1n) is 5.77. The molecule has 6 heteroatoms. The van der Waals surface area contributed by atoms with Crippen molar-refractivity contribution in [1.82, 2.24) is 15.5 Å². The summed E-state index contributed by atoms with van der Waals surface area (Å²) in [6.45, 7) is 0.933. The Labute approximate surface area is 108 Å². The molecule has 4 nitrogen and oxygen atoms in total. The van der Waals surface area contributed by atoms with Gasteiger partial charge >= 0.3 is 0 Å². The molecule has 3 rings (SSSR count). The lowest BCUT2D eigenvalue weighted by Crippen LogP contribution is -2.12. The lowest BCUT2D eigenvalue weighted by Gasteiger charge is -2.03. The maximum Gasteiger partial charge on any atom is 0.252 e. The normalized spacial score (nSPS) is 19.3. The molecule has 1 atom stereocenters. The predicted octanol–water partition coefficient (Wildman–Crippen LogP) is 2.95. The second-order valence-corrected chi connectivity index (χ2v) is 4.60. The molecule has 0 radical (unpaired) electrons. The summed E-state index contributed by atoms with van der Waals surface area (Å²) < 4.78 is 19.2. The number of hydrogen-bond acceptors (Lipinski definition) is 4. The van der Waals surface area contributed by atoms with Crippen molar-refractivity contribution in [2.75, 3.05) is 6.54 Å². The van der Waals surface area contributed by atoms with E-state index in [2.05, 4.69) is 15.5 Å². The SMILES string of the molecule is Fc1cccc(Cl)c1-c1nnc(C2CCCN2)o1. The zero-order valence-corrected chi connectivity index (χ0v) is 10.2. The monoisotopic (exact) mass is 267 g/mol. The third kappa shape index (κ3) is 2.00. The highest BCUT2D eigenvalue weighted by molar-refractivity contribution is 6.33. The van der Waals surface area contributed by atoms with Crippen LogP contribution < -0.4 is 5.32 Å². The van der Waals surface area contributed by atoms with Gasteiger partial charge in [0.2, 0.25) is 5.89 Å². The predicted molar refractivity (Wildman–Crippen MR) is 64.7 cm³/mol. The third-order valence-electron chi connectivity index (χ3n) is 2.98. The van der Waals surface area contributed by atoms with Crippen molar-refractivity contribution in [3.05, 3.63) is 34.9 Å². The van der Waals surface area contributed by atoms with E-state index < -0.39 is 5.82 Å². The minimum absolute atomic E-state index is 0.0665. The van der Waals surface area contributed by atoms with Crippen molar-refractivity contribution in [1.29, 1.82) is 0 Å². The lowest BCUT2D eigenvalue weighted by atomic mass is 10.2. The summed E-state index contributed by atoms with van der Waals surface area (Å²) in [5.41, 5.74) is 0.163. The fraction of sp³-hybridized carbons (Fsp3) is 0.333. The summed E-state index contributed by atoms with van der Waals surface area (Å²) in [4.78, 5) is 0. The van der Waals surface area contributed by atoms with E-state index in [1.807, 2.05) is 0 Å². The largest absolute Gasteiger partial charge is 0.419 e. The summed E-state index contributed by atoms with van der Waals surface area (Å²) in [6, 6.07) is 4.52. The first-order valence-corrected chi connectivity index (χ1v) is 6.14. The van der Waals surface area contributed by atoms with Crippen LogP contribution in [0.2, 0.25) is 5.02 Å². The van der Waals surface area contributed by atoms with Gasteiger partial charge in [0.15, 0.2) is 0 Å². The number of rotatable bonds is 2. The fourth-order valence-corrected chi connectivity index (χ4v) is 2.32. The number of nitrogens with one attached hydrogen (secondary N) is 1. The molecule has 1 aromatic heterocycles. The Bertz CT molecular complexity index is 546. The maximum absolute atomic E-state index is 13.7. The zero-order valence-electron chi connectivity index (χ0n) is 9.49. The summed E-state index contributed by atoms with van der Waals surface area (Å²) >= 11 is 5.95. The Morgan fingerprint density at radius 1 is 1.39 bits per heavy atom. The molecule has 94 valence electrons. The number of nitrogens with zero attached hydrogens (tertiary/aromatic N) is 2. The standard InChI is InChI=1S/C12H11ClFN3O/c13-7-3-1-4-8(14)10(7)12-17-16-11(18-12)9-5-2-6-15-9/h1,3-4,9,15H,2,5-6H2. The van der Waals surface area contributed by atoms with E-state index >= 15 is 0 Å². The van der Waals surface area contributed by atoms with Crippen molar-refractivity contribution in [3.8, 4) is 11.5 Å². The maximum atomic E-state index is 13.7. The van der Waals surface area contributed by atoms with E-state index in [0.717, 1.165) is 19.4 Å². The number of benzene rings is 1. The molecular formula is C12H11ClFN3O. The minimum Gasteiger partial charge on any atom is -0.419 e. The van der Waals surface area contributed by atoms with E-state index in [0.29, 0.717) is 5.89 Å². The molecule has 1 fully saturated rings. The van der Waals surface area contributed by atoms with Crippen LogP contribution in [0.25, 0.3) is 11.5 Å². The molecule has 1 aliphatic heterocycles. The Kier molecular flexibility index (Phi) is 3.01. The molecule has 0 bridgehead atoms. The summed E-state index contributed by atoms with van der Waals surface area (Å²) in [5.74, 6) is 0.153. The Balaban J connectivity index is 1.97. The highest BCUT2D eigenvalue weighted by Crippen LogP contribution is 2.31. The molecule has 0 aliphatic carbocycles. The third-order valence-corrected chi connectivity index (χ3v) is 3.29. The molecular weight excluding hydrogens is 257 g/mol. The Morgan fingerprint density at radius 2 is 2.28 bits per heavy atom. The highest BCUT2D eigenvalue weighted by atomic mass is 35.5. The molecule has 1 unspecified atom stereocenters. The zero-order chi connectivity index (χ0) is 12.5. The summed E-state index contributed by atoms with van der Waals surface area (Å²) in [6.07, 6.45) is 2.02. The van der Waals surface area contributed by atoms with Gasteiger partial charge in [0, 0.05) is 0 Å². The van der Waals surface area contributed by atoms with Crippen LogP contribution in [0, 0.1) is 5.82 Å². The second-order valence-electron chi connectivity index (χ2n) is 4.19. The quantitative estimate of drug-likeness (QED) is 0.909. The first-order chi connectivity index (χ1) is 8.75. The van der Waals surface area contributed by atoms with Gasteiger partial charge in [0.25, 0.3) is 5.89 Å². The summed E-state index contributed by atoms with van der Waals surface area (Å²) in [5, 5.41) is 11.3. The molecule has 1 N–H and O–H groups in total. The average Bonchev–Trinajstić information content (AvgIpc) is 2.99. The van der Waals surface area contributed by atoms with Crippen molar-refractivity contribution >= 4 is 11.6 Å². The van der Waals surface area contributed by atoms with Crippen molar-refractivity contribution in [2.24, 2.45) is 0 Å². The molecule has 2 heterocycles. The van der Waals surface area contributed by atoms with E-state index in [-0.39, 0.29) is 22.5 Å². The molecule has 2 aromatic rings. The van der Waals surface area contributed by atoms with Gasteiger partial charge in [-0.3, -0.25) is 0 Å². The Morgan fingerprint density at radius 3 is 3.00 bits per heavy atom. The van der Waals surface area contributed by atoms with Gasteiger partial charge in [-0.15, -0.1) is 10.2 Å². The van der Waals surface area contributed by atoms with Gasteiger partial charge in [0.05, 0.1) is 16.6 Å².